The minimum absolute atomic E-state index is 0. The smallest absolute Gasteiger partial charge is 0.141 e. The van der Waals surface area contributed by atoms with Crippen LogP contribution in [-0.4, -0.2) is 25.0 Å². The third-order valence-electron chi connectivity index (χ3n) is 3.81. The summed E-state index contributed by atoms with van der Waals surface area (Å²) in [6.07, 6.45) is 1.24. The van der Waals surface area contributed by atoms with Gasteiger partial charge < -0.3 is 4.90 Å². The molecule has 1 nitrogen and oxygen atoms in total. The molecule has 1 aromatic carbocycles. The van der Waals surface area contributed by atoms with Crippen molar-refractivity contribution in [1.82, 2.24) is 4.90 Å². The van der Waals surface area contributed by atoms with Gasteiger partial charge in [0.1, 0.15) is 5.82 Å². The molecule has 1 saturated heterocycles. The van der Waals surface area contributed by atoms with Gasteiger partial charge in [0.25, 0.3) is 0 Å². The lowest BCUT2D eigenvalue weighted by molar-refractivity contribution is 0.363. The Kier molecular flexibility index (Phi) is 2.94. The summed E-state index contributed by atoms with van der Waals surface area (Å²) in [5.41, 5.74) is 1.50. The van der Waals surface area contributed by atoms with E-state index in [9.17, 15) is 4.39 Å². The fourth-order valence-corrected chi connectivity index (χ4v) is 3.17. The topological polar surface area (TPSA) is 3.24 Å². The number of benzene rings is 1. The van der Waals surface area contributed by atoms with Crippen LogP contribution in [0.25, 0.3) is 0 Å². The molecule has 1 saturated carbocycles. The lowest BCUT2D eigenvalue weighted by Gasteiger charge is -2.16. The predicted molar refractivity (Wildman–Crippen MR) is 65.9 cm³/mol. The fraction of sp³-hybridized carbons (Fsp3) is 0.500. The molecule has 4 heteroatoms. The van der Waals surface area contributed by atoms with Crippen molar-refractivity contribution in [3.63, 3.8) is 0 Å². The van der Waals surface area contributed by atoms with E-state index in [-0.39, 0.29) is 28.7 Å². The van der Waals surface area contributed by atoms with E-state index in [0.717, 1.165) is 19.0 Å². The van der Waals surface area contributed by atoms with Gasteiger partial charge in [-0.1, -0.05) is 17.7 Å². The van der Waals surface area contributed by atoms with Crippen LogP contribution in [0.5, 0.6) is 0 Å². The number of fused-ring (bicyclic) bond motifs is 1. The van der Waals surface area contributed by atoms with Gasteiger partial charge in [0.15, 0.2) is 0 Å². The largest absolute Gasteiger partial charge is 0.305 e. The molecule has 0 unspecified atom stereocenters. The monoisotopic (exact) mass is 261 g/mol. The highest BCUT2D eigenvalue weighted by Crippen LogP contribution is 2.58. The lowest BCUT2D eigenvalue weighted by Crippen LogP contribution is -2.22. The number of hydrogen-bond donors (Lipinski definition) is 0. The third kappa shape index (κ3) is 1.64. The summed E-state index contributed by atoms with van der Waals surface area (Å²) in [7, 11) is 2.14. The molecule has 0 radical (unpaired) electrons. The first kappa shape index (κ1) is 12.2. The first-order valence-electron chi connectivity index (χ1n) is 5.26. The molecule has 0 amide bonds. The Morgan fingerprint density at radius 2 is 2.25 bits per heavy atom. The highest BCUT2D eigenvalue weighted by Gasteiger charge is 2.59. The first-order valence-corrected chi connectivity index (χ1v) is 5.64. The molecule has 1 aliphatic carbocycles. The molecule has 1 aromatic rings. The van der Waals surface area contributed by atoms with Crippen LogP contribution >= 0.6 is 24.0 Å². The highest BCUT2D eigenvalue weighted by molar-refractivity contribution is 6.30. The molecule has 88 valence electrons. The van der Waals surface area contributed by atoms with Gasteiger partial charge in [-0.3, -0.25) is 0 Å². The number of halogens is 3. The maximum absolute atomic E-state index is 13.1. The Balaban J connectivity index is 0.000000963. The second-order valence-corrected chi connectivity index (χ2v) is 5.29. The number of piperidine rings is 1. The van der Waals surface area contributed by atoms with Gasteiger partial charge in [-0.15, -0.1) is 12.4 Å². The summed E-state index contributed by atoms with van der Waals surface area (Å²) < 4.78 is 13.1. The van der Waals surface area contributed by atoms with Crippen LogP contribution in [0.1, 0.15) is 12.0 Å². The van der Waals surface area contributed by atoms with Crippen LogP contribution in [0.2, 0.25) is 5.02 Å². The van der Waals surface area contributed by atoms with E-state index in [1.54, 1.807) is 6.07 Å². The van der Waals surface area contributed by atoms with Crippen molar-refractivity contribution in [3.05, 3.63) is 34.6 Å². The Morgan fingerprint density at radius 1 is 1.50 bits per heavy atom. The van der Waals surface area contributed by atoms with Gasteiger partial charge >= 0.3 is 0 Å². The van der Waals surface area contributed by atoms with E-state index in [1.807, 2.05) is 6.07 Å². The van der Waals surface area contributed by atoms with Crippen LogP contribution in [-0.2, 0) is 5.41 Å². The zero-order valence-electron chi connectivity index (χ0n) is 9.04. The van der Waals surface area contributed by atoms with Crippen molar-refractivity contribution in [2.75, 3.05) is 20.1 Å². The van der Waals surface area contributed by atoms with Gasteiger partial charge in [-0.05, 0) is 37.1 Å². The van der Waals surface area contributed by atoms with E-state index in [4.69, 9.17) is 11.6 Å². The van der Waals surface area contributed by atoms with Crippen molar-refractivity contribution in [1.29, 1.82) is 0 Å². The molecule has 16 heavy (non-hydrogen) atoms. The molecule has 2 aliphatic rings. The molecule has 2 fully saturated rings. The van der Waals surface area contributed by atoms with Crippen molar-refractivity contribution < 1.29 is 4.39 Å². The van der Waals surface area contributed by atoms with Gasteiger partial charge in [0.2, 0.25) is 0 Å². The molecular formula is C12H14Cl2FN. The zero-order chi connectivity index (χ0) is 10.6. The summed E-state index contributed by atoms with van der Waals surface area (Å²) in [6, 6.07) is 5.18. The van der Waals surface area contributed by atoms with Crippen LogP contribution in [0.15, 0.2) is 18.2 Å². The molecule has 2 atom stereocenters. The van der Waals surface area contributed by atoms with Gasteiger partial charge in [-0.2, -0.15) is 0 Å². The summed E-state index contributed by atoms with van der Waals surface area (Å²) in [5, 5.41) is 0.252. The summed E-state index contributed by atoms with van der Waals surface area (Å²) in [4.78, 5) is 2.34. The maximum atomic E-state index is 13.1. The average molecular weight is 262 g/mol. The molecule has 0 spiro atoms. The molecule has 3 rings (SSSR count). The molecule has 1 aliphatic heterocycles. The molecule has 0 bridgehead atoms. The summed E-state index contributed by atoms with van der Waals surface area (Å²) in [5.74, 6) is 0.435. The van der Waals surface area contributed by atoms with Gasteiger partial charge in [-0.25, -0.2) is 4.39 Å². The van der Waals surface area contributed by atoms with Crippen LogP contribution in [0.3, 0.4) is 0 Å². The van der Waals surface area contributed by atoms with Gasteiger partial charge in [0.05, 0.1) is 5.02 Å². The van der Waals surface area contributed by atoms with E-state index < -0.39 is 0 Å². The Morgan fingerprint density at radius 3 is 2.81 bits per heavy atom. The normalized spacial score (nSPS) is 32.1. The SMILES string of the molecule is CN1C[C@H]2C[C@]2(c2ccc(F)c(Cl)c2)C1.Cl. The number of likely N-dealkylation sites (tertiary alicyclic amines) is 1. The van der Waals surface area contributed by atoms with Gasteiger partial charge in [0, 0.05) is 18.5 Å². The standard InChI is InChI=1S/C12H13ClFN.ClH/c1-15-6-9-5-12(9,7-15)8-2-3-11(14)10(13)4-8;/h2-4,9H,5-7H2,1H3;1H/t9-,12-;/m1./s1. The third-order valence-corrected chi connectivity index (χ3v) is 4.10. The Bertz CT molecular complexity index is 423. The highest BCUT2D eigenvalue weighted by atomic mass is 35.5. The summed E-state index contributed by atoms with van der Waals surface area (Å²) in [6.45, 7) is 2.24. The molecule has 0 N–H and O–H groups in total. The van der Waals surface area contributed by atoms with E-state index in [1.165, 1.54) is 18.1 Å². The number of likely N-dealkylation sites (N-methyl/N-ethyl adjacent to an activating group) is 1. The minimum Gasteiger partial charge on any atom is -0.305 e. The van der Waals surface area contributed by atoms with E-state index in [2.05, 4.69) is 11.9 Å². The second-order valence-electron chi connectivity index (χ2n) is 4.88. The Hall–Kier alpha value is -0.310. The lowest BCUT2D eigenvalue weighted by atomic mass is 9.95. The van der Waals surface area contributed by atoms with Crippen LogP contribution in [0.4, 0.5) is 4.39 Å². The van der Waals surface area contributed by atoms with Crippen LogP contribution in [0, 0.1) is 11.7 Å². The minimum atomic E-state index is -0.319. The predicted octanol–water partition coefficient (Wildman–Crippen LogP) is 3.10. The Labute approximate surface area is 106 Å². The molecule has 1 heterocycles. The van der Waals surface area contributed by atoms with Crippen molar-refractivity contribution in [3.8, 4) is 0 Å². The van der Waals surface area contributed by atoms with Crippen molar-refractivity contribution in [2.45, 2.75) is 11.8 Å². The maximum Gasteiger partial charge on any atom is 0.141 e. The number of rotatable bonds is 1. The second kappa shape index (κ2) is 3.86. The molecular weight excluding hydrogens is 248 g/mol. The van der Waals surface area contributed by atoms with Crippen molar-refractivity contribution >= 4 is 24.0 Å². The molecule has 0 aromatic heterocycles. The first-order chi connectivity index (χ1) is 7.12. The zero-order valence-corrected chi connectivity index (χ0v) is 10.6. The van der Waals surface area contributed by atoms with Crippen molar-refractivity contribution in [2.24, 2.45) is 5.92 Å². The summed E-state index contributed by atoms with van der Waals surface area (Å²) >= 11 is 5.82. The fourth-order valence-electron chi connectivity index (χ4n) is 2.99. The number of nitrogens with zero attached hydrogens (tertiary/aromatic N) is 1. The average Bonchev–Trinajstić information content (AvgIpc) is 2.75. The van der Waals surface area contributed by atoms with E-state index in [0.29, 0.717) is 0 Å². The quantitative estimate of drug-likeness (QED) is 0.751. The van der Waals surface area contributed by atoms with Crippen LogP contribution < -0.4 is 0 Å². The van der Waals surface area contributed by atoms with E-state index >= 15 is 0 Å². The number of hydrogen-bond acceptors (Lipinski definition) is 1.